The summed E-state index contributed by atoms with van der Waals surface area (Å²) in [6.07, 6.45) is 2.64. The van der Waals surface area contributed by atoms with Gasteiger partial charge >= 0.3 is 0 Å². The Morgan fingerprint density at radius 1 is 1.36 bits per heavy atom. The third-order valence-electron chi connectivity index (χ3n) is 1.91. The minimum atomic E-state index is 0. The van der Waals surface area contributed by atoms with Crippen LogP contribution in [-0.4, -0.2) is 12.6 Å². The molecule has 2 heteroatoms. The number of hydrogen-bond donors (Lipinski definition) is 2. The third kappa shape index (κ3) is 4.38. The van der Waals surface area contributed by atoms with Crippen molar-refractivity contribution in [1.29, 1.82) is 0 Å². The second kappa shape index (κ2) is 6.62. The lowest BCUT2D eigenvalue weighted by molar-refractivity contribution is 0.283. The molecule has 1 unspecified atom stereocenters. The maximum absolute atomic E-state index is 3.27. The van der Waals surface area contributed by atoms with E-state index in [0.29, 0.717) is 6.04 Å². The average Bonchev–Trinajstić information content (AvgIpc) is 2.10. The van der Waals surface area contributed by atoms with Gasteiger partial charge in [-0.15, -0.1) is 0 Å². The number of hydrazine groups is 1. The number of nitrogens with one attached hydrogen (secondary N) is 2. The van der Waals surface area contributed by atoms with Gasteiger partial charge in [-0.25, -0.2) is 0 Å². The Morgan fingerprint density at radius 3 is 2.27 bits per heavy atom. The Kier molecular flexibility index (Phi) is 6.57. The minimum Gasteiger partial charge on any atom is -0.258 e. The first-order chi connectivity index (χ1) is 5.30. The first kappa shape index (κ1) is 10.9. The highest BCUT2D eigenvalue weighted by Gasteiger charge is 2.14. The predicted molar refractivity (Wildman–Crippen MR) is 52.5 cm³/mol. The van der Waals surface area contributed by atoms with Crippen LogP contribution in [0, 0.1) is 5.92 Å². The van der Waals surface area contributed by atoms with E-state index in [4.69, 9.17) is 0 Å². The summed E-state index contributed by atoms with van der Waals surface area (Å²) in [5.41, 5.74) is 6.43. The highest BCUT2D eigenvalue weighted by Crippen LogP contribution is 2.09. The monoisotopic (exact) mass is 160 g/mol. The van der Waals surface area contributed by atoms with E-state index in [-0.39, 0.29) is 1.43 Å². The summed E-state index contributed by atoms with van der Waals surface area (Å²) in [4.78, 5) is 0. The third-order valence-corrected chi connectivity index (χ3v) is 1.91. The second-order valence-electron chi connectivity index (χ2n) is 3.06. The molecule has 1 aliphatic heterocycles. The van der Waals surface area contributed by atoms with E-state index in [1.54, 1.807) is 0 Å². The van der Waals surface area contributed by atoms with E-state index in [2.05, 4.69) is 24.7 Å². The smallest absolute Gasteiger partial charge is 0.0236 e. The van der Waals surface area contributed by atoms with Gasteiger partial charge in [0.15, 0.2) is 0 Å². The van der Waals surface area contributed by atoms with Gasteiger partial charge in [0.2, 0.25) is 0 Å². The van der Waals surface area contributed by atoms with Crippen LogP contribution in [0.15, 0.2) is 0 Å². The zero-order valence-corrected chi connectivity index (χ0v) is 8.28. The highest BCUT2D eigenvalue weighted by molar-refractivity contribution is 4.71. The SMILES string of the molecule is CC.CC(C)C1CCCNN1.[HH]. The molecule has 1 rings (SSSR count). The van der Waals surface area contributed by atoms with Crippen molar-refractivity contribution >= 4 is 0 Å². The maximum atomic E-state index is 3.27. The van der Waals surface area contributed by atoms with Gasteiger partial charge in [-0.05, 0) is 18.8 Å². The number of rotatable bonds is 1. The molecular weight excluding hydrogens is 136 g/mol. The van der Waals surface area contributed by atoms with Crippen LogP contribution in [0.3, 0.4) is 0 Å². The van der Waals surface area contributed by atoms with Crippen LogP contribution in [0.1, 0.15) is 42.0 Å². The minimum absolute atomic E-state index is 0. The fourth-order valence-corrected chi connectivity index (χ4v) is 1.19. The Hall–Kier alpha value is -0.0800. The molecule has 0 spiro atoms. The lowest BCUT2D eigenvalue weighted by Gasteiger charge is -2.27. The molecule has 11 heavy (non-hydrogen) atoms. The normalized spacial score (nSPS) is 24.3. The summed E-state index contributed by atoms with van der Waals surface area (Å²) >= 11 is 0. The van der Waals surface area contributed by atoms with E-state index in [0.717, 1.165) is 12.5 Å². The van der Waals surface area contributed by atoms with E-state index in [1.165, 1.54) is 12.8 Å². The molecule has 0 aromatic carbocycles. The van der Waals surface area contributed by atoms with Gasteiger partial charge in [-0.1, -0.05) is 27.7 Å². The zero-order chi connectivity index (χ0) is 8.69. The molecule has 0 bridgehead atoms. The lowest BCUT2D eigenvalue weighted by atomic mass is 9.99. The summed E-state index contributed by atoms with van der Waals surface area (Å²) in [6, 6.07) is 0.693. The Balaban J connectivity index is 0. The zero-order valence-electron chi connectivity index (χ0n) is 8.28. The first-order valence-electron chi connectivity index (χ1n) is 4.79. The standard InChI is InChI=1S/C7H16N2.C2H6.H2/c1-6(2)7-4-3-5-8-9-7;1-2;/h6-9H,3-5H2,1-2H3;1-2H3;1H. The lowest BCUT2D eigenvalue weighted by Crippen LogP contribution is -2.48. The molecule has 1 aliphatic rings. The van der Waals surface area contributed by atoms with Gasteiger partial charge in [0.1, 0.15) is 0 Å². The molecule has 0 radical (unpaired) electrons. The van der Waals surface area contributed by atoms with E-state index in [9.17, 15) is 0 Å². The van der Waals surface area contributed by atoms with Crippen LogP contribution >= 0.6 is 0 Å². The van der Waals surface area contributed by atoms with Crippen molar-refractivity contribution in [3.8, 4) is 0 Å². The quantitative estimate of drug-likeness (QED) is 0.614. The molecule has 2 N–H and O–H groups in total. The van der Waals surface area contributed by atoms with Crippen molar-refractivity contribution in [3.05, 3.63) is 0 Å². The second-order valence-corrected chi connectivity index (χ2v) is 3.06. The summed E-state index contributed by atoms with van der Waals surface area (Å²) in [7, 11) is 0. The Bertz CT molecular complexity index is 80.6. The van der Waals surface area contributed by atoms with Crippen molar-refractivity contribution in [2.45, 2.75) is 46.6 Å². The van der Waals surface area contributed by atoms with Crippen molar-refractivity contribution in [3.63, 3.8) is 0 Å². The summed E-state index contributed by atoms with van der Waals surface area (Å²) in [5.74, 6) is 0.762. The summed E-state index contributed by atoms with van der Waals surface area (Å²) in [5, 5.41) is 0. The van der Waals surface area contributed by atoms with Crippen molar-refractivity contribution in [1.82, 2.24) is 10.9 Å². The van der Waals surface area contributed by atoms with Crippen molar-refractivity contribution in [2.75, 3.05) is 6.54 Å². The molecule has 2 nitrogen and oxygen atoms in total. The van der Waals surface area contributed by atoms with Crippen LogP contribution in [0.4, 0.5) is 0 Å². The van der Waals surface area contributed by atoms with E-state index < -0.39 is 0 Å². The fraction of sp³-hybridized carbons (Fsp3) is 1.00. The molecule has 0 aromatic rings. The van der Waals surface area contributed by atoms with Crippen molar-refractivity contribution in [2.24, 2.45) is 5.92 Å². The predicted octanol–water partition coefficient (Wildman–Crippen LogP) is 2.17. The fourth-order valence-electron chi connectivity index (χ4n) is 1.19. The molecule has 0 aliphatic carbocycles. The Morgan fingerprint density at radius 2 is 2.00 bits per heavy atom. The van der Waals surface area contributed by atoms with Crippen LogP contribution < -0.4 is 10.9 Å². The number of hydrogen-bond acceptors (Lipinski definition) is 2. The molecule has 0 amide bonds. The van der Waals surface area contributed by atoms with Crippen LogP contribution in [0.25, 0.3) is 0 Å². The van der Waals surface area contributed by atoms with Gasteiger partial charge in [0, 0.05) is 14.0 Å². The molecule has 1 saturated heterocycles. The van der Waals surface area contributed by atoms with Gasteiger partial charge in [-0.3, -0.25) is 10.9 Å². The summed E-state index contributed by atoms with van der Waals surface area (Å²) in [6.45, 7) is 9.64. The van der Waals surface area contributed by atoms with Gasteiger partial charge < -0.3 is 0 Å². The largest absolute Gasteiger partial charge is 0.258 e. The van der Waals surface area contributed by atoms with Crippen LogP contribution in [0.2, 0.25) is 0 Å². The van der Waals surface area contributed by atoms with Crippen LogP contribution in [-0.2, 0) is 0 Å². The summed E-state index contributed by atoms with van der Waals surface area (Å²) < 4.78 is 0. The van der Waals surface area contributed by atoms with Gasteiger partial charge in [0.05, 0.1) is 0 Å². The molecule has 1 fully saturated rings. The maximum Gasteiger partial charge on any atom is 0.0236 e. The molecule has 1 heterocycles. The molecule has 70 valence electrons. The average molecular weight is 160 g/mol. The van der Waals surface area contributed by atoms with E-state index in [1.807, 2.05) is 13.8 Å². The Labute approximate surface area is 72.2 Å². The van der Waals surface area contributed by atoms with E-state index >= 15 is 0 Å². The molecule has 1 atom stereocenters. The topological polar surface area (TPSA) is 24.1 Å². The van der Waals surface area contributed by atoms with Crippen LogP contribution in [0.5, 0.6) is 0 Å². The molecular formula is C9H24N2. The molecule has 0 saturated carbocycles. The first-order valence-corrected chi connectivity index (χ1v) is 4.79. The van der Waals surface area contributed by atoms with Gasteiger partial charge in [-0.2, -0.15) is 0 Å². The van der Waals surface area contributed by atoms with Crippen molar-refractivity contribution < 1.29 is 1.43 Å². The molecule has 0 aromatic heterocycles. The van der Waals surface area contributed by atoms with Gasteiger partial charge in [0.25, 0.3) is 0 Å². The highest BCUT2D eigenvalue weighted by atomic mass is 15.4.